The second-order valence-electron chi connectivity index (χ2n) is 5.69. The first-order chi connectivity index (χ1) is 12.1. The summed E-state index contributed by atoms with van der Waals surface area (Å²) in [7, 11) is 0. The summed E-state index contributed by atoms with van der Waals surface area (Å²) in [5.41, 5.74) is 2.79. The smallest absolute Gasteiger partial charge is 0.163 e. The fourth-order valence-electron chi connectivity index (χ4n) is 2.63. The topological polar surface area (TPSA) is 42.9 Å². The summed E-state index contributed by atoms with van der Waals surface area (Å²) >= 11 is 2.07. The van der Waals surface area contributed by atoms with E-state index in [9.17, 15) is 9.18 Å². The normalized spacial score (nSPS) is 10.6. The minimum atomic E-state index is -0.261. The highest BCUT2D eigenvalue weighted by molar-refractivity contribution is 14.1. The Morgan fingerprint density at radius 3 is 2.72 bits per heavy atom. The molecule has 0 amide bonds. The number of hydrogen-bond acceptors (Lipinski definition) is 3. The number of hydrogen-bond donors (Lipinski definition) is 0. The van der Waals surface area contributed by atoms with Gasteiger partial charge in [-0.25, -0.2) is 4.39 Å². The molecule has 0 saturated heterocycles. The Balaban J connectivity index is 1.77. The van der Waals surface area contributed by atoms with E-state index in [1.165, 1.54) is 6.07 Å². The molecule has 25 heavy (non-hydrogen) atoms. The molecule has 0 bridgehead atoms. The number of aryl methyl sites for hydroxylation is 1. The molecule has 0 N–H and O–H groups in total. The molecule has 0 aliphatic rings. The highest BCUT2D eigenvalue weighted by Crippen LogP contribution is 2.19. The largest absolute Gasteiger partial charge is 0.294 e. The number of benzene rings is 1. The van der Waals surface area contributed by atoms with Crippen LogP contribution in [-0.4, -0.2) is 15.8 Å². The Kier molecular flexibility index (Phi) is 5.86. The summed E-state index contributed by atoms with van der Waals surface area (Å²) in [5, 5.41) is 0. The Hall–Kier alpha value is -2.15. The minimum absolute atomic E-state index is 0.0222. The van der Waals surface area contributed by atoms with Crippen molar-refractivity contribution in [3.05, 3.63) is 92.8 Å². The zero-order chi connectivity index (χ0) is 17.6. The lowest BCUT2D eigenvalue weighted by Gasteiger charge is -2.09. The van der Waals surface area contributed by atoms with Crippen molar-refractivity contribution in [1.82, 2.24) is 9.97 Å². The third-order valence-electron chi connectivity index (χ3n) is 3.93. The van der Waals surface area contributed by atoms with Crippen LogP contribution in [0.2, 0.25) is 0 Å². The fraction of sp³-hybridized carbons (Fsp3) is 0.150. The van der Waals surface area contributed by atoms with E-state index in [0.717, 1.165) is 14.8 Å². The zero-order valence-corrected chi connectivity index (χ0v) is 15.6. The van der Waals surface area contributed by atoms with Crippen LogP contribution in [0.25, 0.3) is 0 Å². The molecule has 0 spiro atoms. The van der Waals surface area contributed by atoms with Crippen LogP contribution in [0.5, 0.6) is 0 Å². The second-order valence-corrected chi connectivity index (χ2v) is 6.94. The van der Waals surface area contributed by atoms with E-state index in [1.54, 1.807) is 30.7 Å². The summed E-state index contributed by atoms with van der Waals surface area (Å²) in [6, 6.07) is 12.5. The number of carbonyl (C=O) groups excluding carboxylic acids is 1. The summed E-state index contributed by atoms with van der Waals surface area (Å²) < 4.78 is 15.0. The number of halogens is 2. The van der Waals surface area contributed by atoms with Gasteiger partial charge in [0.2, 0.25) is 0 Å². The van der Waals surface area contributed by atoms with Crippen LogP contribution in [0, 0.1) is 9.39 Å². The molecule has 0 radical (unpaired) electrons. The first-order valence-electron chi connectivity index (χ1n) is 7.93. The van der Waals surface area contributed by atoms with Gasteiger partial charge >= 0.3 is 0 Å². The van der Waals surface area contributed by atoms with Crippen LogP contribution in [0.15, 0.2) is 61.1 Å². The van der Waals surface area contributed by atoms with Gasteiger partial charge in [-0.2, -0.15) is 0 Å². The molecule has 0 saturated carbocycles. The van der Waals surface area contributed by atoms with E-state index in [2.05, 4.69) is 32.6 Å². The predicted molar refractivity (Wildman–Crippen MR) is 103 cm³/mol. The van der Waals surface area contributed by atoms with Gasteiger partial charge in [-0.1, -0.05) is 12.1 Å². The van der Waals surface area contributed by atoms with Gasteiger partial charge in [-0.3, -0.25) is 14.8 Å². The molecule has 2 aromatic heterocycles. The maximum Gasteiger partial charge on any atom is 0.163 e. The molecule has 0 unspecified atom stereocenters. The highest BCUT2D eigenvalue weighted by atomic mass is 127. The molecule has 1 aromatic carbocycles. The van der Waals surface area contributed by atoms with E-state index in [0.29, 0.717) is 30.4 Å². The van der Waals surface area contributed by atoms with Crippen molar-refractivity contribution < 1.29 is 9.18 Å². The quantitative estimate of drug-likeness (QED) is 0.410. The van der Waals surface area contributed by atoms with Crippen molar-refractivity contribution in [3.63, 3.8) is 0 Å². The van der Waals surface area contributed by atoms with Gasteiger partial charge in [0.25, 0.3) is 0 Å². The number of aromatic nitrogens is 2. The third-order valence-corrected chi connectivity index (χ3v) is 4.61. The highest BCUT2D eigenvalue weighted by Gasteiger charge is 2.14. The van der Waals surface area contributed by atoms with Crippen molar-refractivity contribution in [2.45, 2.75) is 19.3 Å². The number of carbonyl (C=O) groups is 1. The lowest BCUT2D eigenvalue weighted by Crippen LogP contribution is -2.07. The van der Waals surface area contributed by atoms with Gasteiger partial charge in [0.05, 0.1) is 0 Å². The van der Waals surface area contributed by atoms with Crippen molar-refractivity contribution in [1.29, 1.82) is 0 Å². The SMILES string of the molecule is O=C(CCc1ccccn1)c1ccncc1Cc1ccc(I)cc1F. The molecule has 3 rings (SSSR count). The summed E-state index contributed by atoms with van der Waals surface area (Å²) in [4.78, 5) is 21.0. The molecule has 126 valence electrons. The number of nitrogens with zero attached hydrogens (tertiary/aromatic N) is 2. The number of rotatable bonds is 6. The van der Waals surface area contributed by atoms with Crippen molar-refractivity contribution in [2.24, 2.45) is 0 Å². The number of pyridine rings is 2. The first kappa shape index (κ1) is 17.7. The van der Waals surface area contributed by atoms with Crippen LogP contribution in [-0.2, 0) is 12.8 Å². The summed E-state index contributed by atoms with van der Waals surface area (Å²) in [6.45, 7) is 0. The molecule has 5 heteroatoms. The number of Topliss-reactive ketones (excluding diaryl/α,β-unsaturated/α-hetero) is 1. The van der Waals surface area contributed by atoms with Gasteiger partial charge in [0.15, 0.2) is 5.78 Å². The van der Waals surface area contributed by atoms with E-state index in [1.807, 2.05) is 24.3 Å². The number of ketones is 1. The fourth-order valence-corrected chi connectivity index (χ4v) is 3.09. The summed E-state index contributed by atoms with van der Waals surface area (Å²) in [6.07, 6.45) is 6.26. The van der Waals surface area contributed by atoms with Crippen molar-refractivity contribution in [3.8, 4) is 0 Å². The van der Waals surface area contributed by atoms with Crippen molar-refractivity contribution in [2.75, 3.05) is 0 Å². The average molecular weight is 446 g/mol. The molecule has 0 atom stereocenters. The molecular formula is C20H16FIN2O. The molecule has 0 aliphatic heterocycles. The molecule has 2 heterocycles. The minimum Gasteiger partial charge on any atom is -0.294 e. The van der Waals surface area contributed by atoms with Gasteiger partial charge in [-0.05, 0) is 70.5 Å². The van der Waals surface area contributed by atoms with Crippen molar-refractivity contribution >= 4 is 28.4 Å². The van der Waals surface area contributed by atoms with E-state index < -0.39 is 0 Å². The van der Waals surface area contributed by atoms with Crippen LogP contribution < -0.4 is 0 Å². The molecule has 3 aromatic rings. The van der Waals surface area contributed by atoms with E-state index >= 15 is 0 Å². The Morgan fingerprint density at radius 1 is 1.08 bits per heavy atom. The first-order valence-corrected chi connectivity index (χ1v) is 9.01. The summed E-state index contributed by atoms with van der Waals surface area (Å²) in [5.74, 6) is -0.239. The Morgan fingerprint density at radius 2 is 1.96 bits per heavy atom. The van der Waals surface area contributed by atoms with Crippen LogP contribution in [0.1, 0.15) is 33.6 Å². The van der Waals surface area contributed by atoms with Gasteiger partial charge in [0.1, 0.15) is 5.82 Å². The average Bonchev–Trinajstić information content (AvgIpc) is 2.63. The van der Waals surface area contributed by atoms with Crippen LogP contribution in [0.4, 0.5) is 4.39 Å². The second kappa shape index (κ2) is 8.29. The van der Waals surface area contributed by atoms with E-state index in [-0.39, 0.29) is 11.6 Å². The Labute approximate surface area is 159 Å². The lowest BCUT2D eigenvalue weighted by molar-refractivity contribution is 0.0981. The molecule has 3 nitrogen and oxygen atoms in total. The van der Waals surface area contributed by atoms with Gasteiger partial charge in [0, 0.05) is 46.3 Å². The maximum absolute atomic E-state index is 14.1. The third kappa shape index (κ3) is 4.69. The lowest BCUT2D eigenvalue weighted by atomic mass is 9.97. The zero-order valence-electron chi connectivity index (χ0n) is 13.5. The van der Waals surface area contributed by atoms with Crippen LogP contribution >= 0.6 is 22.6 Å². The van der Waals surface area contributed by atoms with Crippen LogP contribution in [0.3, 0.4) is 0 Å². The maximum atomic E-state index is 14.1. The van der Waals surface area contributed by atoms with Gasteiger partial charge < -0.3 is 0 Å². The Bertz CT molecular complexity index is 884. The predicted octanol–water partition coefficient (Wildman–Crippen LogP) is 4.63. The van der Waals surface area contributed by atoms with E-state index in [4.69, 9.17) is 0 Å². The molecular weight excluding hydrogens is 430 g/mol. The van der Waals surface area contributed by atoms with Gasteiger partial charge in [-0.15, -0.1) is 0 Å². The standard InChI is InChI=1S/C20H16FIN2O/c21-19-12-16(22)5-4-14(19)11-15-13-23-10-8-18(15)20(25)7-6-17-3-1-2-9-24-17/h1-5,8-10,12-13H,6-7,11H2. The molecule has 0 aliphatic carbocycles. The molecule has 0 fully saturated rings. The monoisotopic (exact) mass is 446 g/mol.